The van der Waals surface area contributed by atoms with E-state index < -0.39 is 0 Å². The molecule has 4 aromatic rings. The fraction of sp³-hybridized carbons (Fsp3) is 0.0714. The fourth-order valence-corrected chi connectivity index (χ4v) is 4.18. The van der Waals surface area contributed by atoms with Crippen molar-refractivity contribution >= 4 is 34.6 Å². The summed E-state index contributed by atoms with van der Waals surface area (Å²) in [6.45, 7) is 2.11. The summed E-state index contributed by atoms with van der Waals surface area (Å²) in [5.41, 5.74) is 7.59. The van der Waals surface area contributed by atoms with Crippen molar-refractivity contribution in [3.63, 3.8) is 0 Å². The molecule has 156 valence electrons. The Morgan fingerprint density at radius 2 is 1.44 bits per heavy atom. The van der Waals surface area contributed by atoms with Gasteiger partial charge in [-0.2, -0.15) is 0 Å². The summed E-state index contributed by atoms with van der Waals surface area (Å²) in [6.07, 6.45) is 0. The van der Waals surface area contributed by atoms with Crippen molar-refractivity contribution in [2.75, 3.05) is 11.4 Å². The maximum Gasteiger partial charge on any atom is 0.253 e. The first kappa shape index (κ1) is 20.2. The van der Waals surface area contributed by atoms with Gasteiger partial charge < -0.3 is 0 Å². The Morgan fingerprint density at radius 1 is 0.781 bits per heavy atom. The van der Waals surface area contributed by atoms with E-state index in [1.165, 1.54) is 5.56 Å². The maximum absolute atomic E-state index is 13.2. The van der Waals surface area contributed by atoms with Crippen LogP contribution in [0, 0.1) is 6.92 Å². The number of benzene rings is 4. The van der Waals surface area contributed by atoms with E-state index in [2.05, 4.69) is 24.3 Å². The van der Waals surface area contributed by atoms with Gasteiger partial charge in [0, 0.05) is 21.8 Å². The molecule has 4 heteroatoms. The number of hydrogen-bond acceptors (Lipinski definition) is 2. The second kappa shape index (κ2) is 8.45. The van der Waals surface area contributed by atoms with Crippen molar-refractivity contribution in [3.05, 3.63) is 119 Å². The second-order valence-corrected chi connectivity index (χ2v) is 8.27. The largest absolute Gasteiger partial charge is 0.279 e. The molecule has 0 atom stereocenters. The average molecular weight is 437 g/mol. The van der Waals surface area contributed by atoms with Gasteiger partial charge >= 0.3 is 0 Å². The number of halogens is 1. The normalized spacial score (nSPS) is 13.4. The molecule has 5 rings (SSSR count). The zero-order valence-electron chi connectivity index (χ0n) is 17.6. The third-order valence-electron chi connectivity index (χ3n) is 5.63. The summed E-state index contributed by atoms with van der Waals surface area (Å²) in [5, 5.41) is 0.609. The molecule has 0 bridgehead atoms. The standard InChI is InChI=1S/C28H21ClN2O/c1-19-7-9-22(10-8-19)28-25-17-23(29)13-16-26(25)31(27(32)18-30-28)24-14-11-21(12-15-24)20-5-3-2-4-6-20/h2-17H,18H2,1H3. The van der Waals surface area contributed by atoms with Crippen molar-refractivity contribution in [2.45, 2.75) is 6.92 Å². The number of nitrogens with zero attached hydrogens (tertiary/aromatic N) is 2. The number of carbonyl (C=O) groups excluding carboxylic acids is 1. The van der Waals surface area contributed by atoms with E-state index in [9.17, 15) is 4.79 Å². The van der Waals surface area contributed by atoms with Gasteiger partial charge in [-0.15, -0.1) is 0 Å². The summed E-state index contributed by atoms with van der Waals surface area (Å²) in [7, 11) is 0. The highest BCUT2D eigenvalue weighted by Crippen LogP contribution is 2.35. The lowest BCUT2D eigenvalue weighted by Crippen LogP contribution is -2.27. The minimum atomic E-state index is -0.0804. The number of hydrogen-bond donors (Lipinski definition) is 0. The van der Waals surface area contributed by atoms with Gasteiger partial charge in [-0.1, -0.05) is 83.9 Å². The molecule has 1 heterocycles. The van der Waals surface area contributed by atoms with Gasteiger partial charge in [-0.05, 0) is 48.4 Å². The molecule has 0 radical (unpaired) electrons. The summed E-state index contributed by atoms with van der Waals surface area (Å²) in [5.74, 6) is -0.0804. The molecule has 1 aliphatic heterocycles. The molecule has 0 unspecified atom stereocenters. The predicted octanol–water partition coefficient (Wildman–Crippen LogP) is 6.83. The van der Waals surface area contributed by atoms with Crippen molar-refractivity contribution in [1.82, 2.24) is 0 Å². The number of rotatable bonds is 3. The molecule has 4 aromatic carbocycles. The first-order valence-electron chi connectivity index (χ1n) is 10.5. The first-order chi connectivity index (χ1) is 15.6. The molecule has 32 heavy (non-hydrogen) atoms. The van der Waals surface area contributed by atoms with Gasteiger partial charge in [0.1, 0.15) is 6.54 Å². The highest BCUT2D eigenvalue weighted by molar-refractivity contribution is 6.32. The molecule has 0 fully saturated rings. The zero-order chi connectivity index (χ0) is 22.1. The van der Waals surface area contributed by atoms with Crippen LogP contribution in [0.4, 0.5) is 11.4 Å². The average Bonchev–Trinajstić information content (AvgIpc) is 2.96. The number of fused-ring (bicyclic) bond motifs is 1. The number of carbonyl (C=O) groups is 1. The molecular weight excluding hydrogens is 416 g/mol. The predicted molar refractivity (Wildman–Crippen MR) is 132 cm³/mol. The molecular formula is C28H21ClN2O. The molecule has 0 saturated carbocycles. The molecule has 1 aliphatic rings. The lowest BCUT2D eigenvalue weighted by molar-refractivity contribution is -0.116. The molecule has 0 N–H and O–H groups in total. The van der Waals surface area contributed by atoms with Crippen LogP contribution in [0.3, 0.4) is 0 Å². The molecule has 0 aromatic heterocycles. The quantitative estimate of drug-likeness (QED) is 0.346. The molecule has 1 amide bonds. The van der Waals surface area contributed by atoms with Crippen LogP contribution in [0.15, 0.2) is 102 Å². The van der Waals surface area contributed by atoms with Crippen LogP contribution in [0.5, 0.6) is 0 Å². The highest BCUT2D eigenvalue weighted by atomic mass is 35.5. The maximum atomic E-state index is 13.2. The Kier molecular flexibility index (Phi) is 5.34. The van der Waals surface area contributed by atoms with E-state index in [4.69, 9.17) is 16.6 Å². The van der Waals surface area contributed by atoms with Crippen LogP contribution in [0.2, 0.25) is 5.02 Å². The topological polar surface area (TPSA) is 32.7 Å². The van der Waals surface area contributed by atoms with Gasteiger partial charge in [0.05, 0.1) is 11.4 Å². The van der Waals surface area contributed by atoms with Gasteiger partial charge in [0.15, 0.2) is 0 Å². The van der Waals surface area contributed by atoms with Crippen LogP contribution in [0.25, 0.3) is 11.1 Å². The Labute approximate surface area is 192 Å². The number of anilines is 2. The Bertz CT molecular complexity index is 1310. The van der Waals surface area contributed by atoms with Crippen LogP contribution in [-0.4, -0.2) is 18.2 Å². The van der Waals surface area contributed by atoms with E-state index in [-0.39, 0.29) is 12.5 Å². The molecule has 0 aliphatic carbocycles. The van der Waals surface area contributed by atoms with Crippen LogP contribution in [-0.2, 0) is 4.79 Å². The Balaban J connectivity index is 1.60. The number of amides is 1. The minimum absolute atomic E-state index is 0.0654. The smallest absolute Gasteiger partial charge is 0.253 e. The van der Waals surface area contributed by atoms with Crippen LogP contribution in [0.1, 0.15) is 16.7 Å². The van der Waals surface area contributed by atoms with Crippen molar-refractivity contribution < 1.29 is 4.79 Å². The van der Waals surface area contributed by atoms with Crippen molar-refractivity contribution in [1.29, 1.82) is 0 Å². The summed E-state index contributed by atoms with van der Waals surface area (Å²) < 4.78 is 0. The van der Waals surface area contributed by atoms with Crippen molar-refractivity contribution in [2.24, 2.45) is 4.99 Å². The van der Waals surface area contributed by atoms with Gasteiger partial charge in [0.2, 0.25) is 0 Å². The van der Waals surface area contributed by atoms with Crippen LogP contribution < -0.4 is 4.90 Å². The lowest BCUT2D eigenvalue weighted by atomic mass is 9.99. The van der Waals surface area contributed by atoms with E-state index >= 15 is 0 Å². The molecule has 0 spiro atoms. The third kappa shape index (κ3) is 3.83. The van der Waals surface area contributed by atoms with E-state index in [0.717, 1.165) is 39.3 Å². The van der Waals surface area contributed by atoms with Gasteiger partial charge in [-0.3, -0.25) is 14.7 Å². The SMILES string of the molecule is Cc1ccc(C2=NCC(=O)N(c3ccc(-c4ccccc4)cc3)c3ccc(Cl)cc32)cc1. The van der Waals surface area contributed by atoms with Crippen molar-refractivity contribution in [3.8, 4) is 11.1 Å². The highest BCUT2D eigenvalue weighted by Gasteiger charge is 2.26. The summed E-state index contributed by atoms with van der Waals surface area (Å²) in [4.78, 5) is 19.7. The Morgan fingerprint density at radius 3 is 2.16 bits per heavy atom. The first-order valence-corrected chi connectivity index (χ1v) is 10.9. The van der Waals surface area contributed by atoms with E-state index in [0.29, 0.717) is 5.02 Å². The second-order valence-electron chi connectivity index (χ2n) is 7.83. The zero-order valence-corrected chi connectivity index (χ0v) is 18.4. The van der Waals surface area contributed by atoms with Gasteiger partial charge in [0.25, 0.3) is 5.91 Å². The number of benzodiazepines with no additional fused rings is 1. The van der Waals surface area contributed by atoms with E-state index in [1.54, 1.807) is 4.90 Å². The lowest BCUT2D eigenvalue weighted by Gasteiger charge is -2.24. The summed E-state index contributed by atoms with van der Waals surface area (Å²) >= 11 is 6.37. The number of aryl methyl sites for hydroxylation is 1. The molecule has 0 saturated heterocycles. The minimum Gasteiger partial charge on any atom is -0.279 e. The molecule has 3 nitrogen and oxygen atoms in total. The number of aliphatic imine (C=N–C) groups is 1. The van der Waals surface area contributed by atoms with Crippen LogP contribution >= 0.6 is 11.6 Å². The van der Waals surface area contributed by atoms with Gasteiger partial charge in [-0.25, -0.2) is 0 Å². The Hall–Kier alpha value is -3.69. The monoisotopic (exact) mass is 436 g/mol. The summed E-state index contributed by atoms with van der Waals surface area (Å²) in [6, 6.07) is 32.0. The fourth-order valence-electron chi connectivity index (χ4n) is 4.00. The third-order valence-corrected chi connectivity index (χ3v) is 5.87. The van der Waals surface area contributed by atoms with E-state index in [1.807, 2.05) is 79.7 Å².